The second kappa shape index (κ2) is 16.1. The highest BCUT2D eigenvalue weighted by molar-refractivity contribution is 5.66. The van der Waals surface area contributed by atoms with Crippen molar-refractivity contribution >= 4 is 5.97 Å². The molecular formula is C18H32O4. The predicted molar refractivity (Wildman–Crippen MR) is 89.7 cm³/mol. The Balaban J connectivity index is 3.61. The molecule has 128 valence electrons. The summed E-state index contributed by atoms with van der Waals surface area (Å²) in [6.45, 7) is 2.20. The number of carbonyl (C=O) groups is 1. The van der Waals surface area contributed by atoms with Gasteiger partial charge < -0.3 is 9.99 Å². The highest BCUT2D eigenvalue weighted by atomic mass is 17.1. The molecule has 0 spiro atoms. The van der Waals surface area contributed by atoms with Crippen molar-refractivity contribution in [1.82, 2.24) is 0 Å². The first-order valence-electron chi connectivity index (χ1n) is 8.60. The minimum Gasteiger partial charge on any atom is -0.481 e. The lowest BCUT2D eigenvalue weighted by Crippen LogP contribution is -1.93. The van der Waals surface area contributed by atoms with E-state index in [1.54, 1.807) is 0 Å². The molecule has 0 amide bonds. The zero-order valence-corrected chi connectivity index (χ0v) is 13.9. The van der Waals surface area contributed by atoms with Crippen LogP contribution in [0.15, 0.2) is 24.0 Å². The first-order valence-corrected chi connectivity index (χ1v) is 8.60. The van der Waals surface area contributed by atoms with Gasteiger partial charge in [-0.15, -0.1) is 0 Å². The fraction of sp³-hybridized carbons (Fsp3) is 0.722. The number of hydrogen-bond acceptors (Lipinski definition) is 3. The monoisotopic (exact) mass is 312 g/mol. The van der Waals surface area contributed by atoms with Crippen LogP contribution in [-0.4, -0.2) is 16.3 Å². The standard InChI is InChI=1S/C18H32O4/c1-2-3-4-5-8-11-14-17(22-21)15-12-9-6-7-10-13-16-18(19)20/h11,14-15,21H,2-10,12-13,16H2,1H3,(H,19,20)/b14-11+,17-15-. The second-order valence-corrected chi connectivity index (χ2v) is 5.65. The molecule has 0 aliphatic heterocycles. The van der Waals surface area contributed by atoms with Crippen LogP contribution in [0.25, 0.3) is 0 Å². The molecular weight excluding hydrogens is 280 g/mol. The number of carboxylic acid groups (broad SMARTS) is 1. The Labute approximate surface area is 134 Å². The highest BCUT2D eigenvalue weighted by Crippen LogP contribution is 2.10. The first-order chi connectivity index (χ1) is 10.7. The van der Waals surface area contributed by atoms with Gasteiger partial charge in [0.15, 0.2) is 5.76 Å². The lowest BCUT2D eigenvalue weighted by atomic mass is 10.1. The summed E-state index contributed by atoms with van der Waals surface area (Å²) in [4.78, 5) is 14.7. The Morgan fingerprint density at radius 2 is 1.59 bits per heavy atom. The van der Waals surface area contributed by atoms with E-state index in [0.717, 1.165) is 44.9 Å². The molecule has 0 saturated carbocycles. The molecule has 22 heavy (non-hydrogen) atoms. The molecule has 0 aliphatic carbocycles. The summed E-state index contributed by atoms with van der Waals surface area (Å²) in [5, 5.41) is 17.3. The van der Waals surface area contributed by atoms with E-state index < -0.39 is 5.97 Å². The summed E-state index contributed by atoms with van der Waals surface area (Å²) in [6, 6.07) is 0. The fourth-order valence-corrected chi connectivity index (χ4v) is 2.22. The van der Waals surface area contributed by atoms with Gasteiger partial charge >= 0.3 is 5.97 Å². The highest BCUT2D eigenvalue weighted by Gasteiger charge is 1.97. The van der Waals surface area contributed by atoms with Crippen LogP contribution in [0.2, 0.25) is 0 Å². The first kappa shape index (κ1) is 20.7. The number of unbranched alkanes of at least 4 members (excludes halogenated alkanes) is 9. The van der Waals surface area contributed by atoms with Gasteiger partial charge in [0.25, 0.3) is 0 Å². The van der Waals surface area contributed by atoms with Crippen LogP contribution >= 0.6 is 0 Å². The van der Waals surface area contributed by atoms with Crippen LogP contribution in [0, 0.1) is 0 Å². The average Bonchev–Trinajstić information content (AvgIpc) is 2.50. The van der Waals surface area contributed by atoms with E-state index in [1.807, 2.05) is 18.2 Å². The summed E-state index contributed by atoms with van der Waals surface area (Å²) < 4.78 is 0. The van der Waals surface area contributed by atoms with Crippen molar-refractivity contribution in [2.45, 2.75) is 84.0 Å². The van der Waals surface area contributed by atoms with Gasteiger partial charge in [-0.25, -0.2) is 5.26 Å². The van der Waals surface area contributed by atoms with Crippen molar-refractivity contribution in [2.75, 3.05) is 0 Å². The van der Waals surface area contributed by atoms with Crippen molar-refractivity contribution in [3.63, 3.8) is 0 Å². The smallest absolute Gasteiger partial charge is 0.303 e. The molecule has 0 aromatic carbocycles. The number of aliphatic carboxylic acids is 1. The maximum Gasteiger partial charge on any atom is 0.303 e. The third kappa shape index (κ3) is 15.1. The van der Waals surface area contributed by atoms with Crippen LogP contribution in [0.5, 0.6) is 0 Å². The van der Waals surface area contributed by atoms with Gasteiger partial charge in [-0.2, -0.15) is 0 Å². The molecule has 4 nitrogen and oxygen atoms in total. The molecule has 4 heteroatoms. The fourth-order valence-electron chi connectivity index (χ4n) is 2.22. The van der Waals surface area contributed by atoms with Gasteiger partial charge in [0.1, 0.15) is 0 Å². The Bertz CT molecular complexity index is 321. The molecule has 0 atom stereocenters. The van der Waals surface area contributed by atoms with Crippen LogP contribution in [-0.2, 0) is 9.68 Å². The van der Waals surface area contributed by atoms with E-state index in [9.17, 15) is 4.79 Å². The molecule has 0 heterocycles. The van der Waals surface area contributed by atoms with E-state index in [0.29, 0.717) is 5.76 Å². The molecule has 0 aliphatic rings. The largest absolute Gasteiger partial charge is 0.481 e. The molecule has 2 N–H and O–H groups in total. The van der Waals surface area contributed by atoms with Crippen LogP contribution in [0.1, 0.15) is 84.0 Å². The Morgan fingerprint density at radius 1 is 0.955 bits per heavy atom. The normalized spacial score (nSPS) is 12.0. The molecule has 0 rings (SSSR count). The Kier molecular flexibility index (Phi) is 15.1. The Hall–Kier alpha value is -1.29. The molecule has 0 aromatic rings. The van der Waals surface area contributed by atoms with E-state index >= 15 is 0 Å². The summed E-state index contributed by atoms with van der Waals surface area (Å²) >= 11 is 0. The minimum absolute atomic E-state index is 0.269. The van der Waals surface area contributed by atoms with Gasteiger partial charge in [-0.05, 0) is 44.3 Å². The number of rotatable bonds is 15. The third-order valence-corrected chi connectivity index (χ3v) is 3.55. The van der Waals surface area contributed by atoms with Gasteiger partial charge in [0.2, 0.25) is 0 Å². The number of hydrogen-bond donors (Lipinski definition) is 2. The quantitative estimate of drug-likeness (QED) is 0.134. The molecule has 0 aromatic heterocycles. The van der Waals surface area contributed by atoms with Crippen LogP contribution in [0.3, 0.4) is 0 Å². The van der Waals surface area contributed by atoms with E-state index in [-0.39, 0.29) is 6.42 Å². The summed E-state index contributed by atoms with van der Waals surface area (Å²) in [6.07, 6.45) is 17.8. The van der Waals surface area contributed by atoms with E-state index in [4.69, 9.17) is 10.4 Å². The Morgan fingerprint density at radius 3 is 2.27 bits per heavy atom. The second-order valence-electron chi connectivity index (χ2n) is 5.65. The summed E-state index contributed by atoms with van der Waals surface area (Å²) in [5.74, 6) is -0.199. The minimum atomic E-state index is -0.714. The topological polar surface area (TPSA) is 66.8 Å². The number of carboxylic acids is 1. The summed E-state index contributed by atoms with van der Waals surface area (Å²) in [5.41, 5.74) is 0. The molecule has 0 fully saturated rings. The lowest BCUT2D eigenvalue weighted by molar-refractivity contribution is -0.198. The molecule has 0 unspecified atom stereocenters. The maximum atomic E-state index is 10.4. The molecule has 0 saturated heterocycles. The van der Waals surface area contributed by atoms with Gasteiger partial charge in [-0.1, -0.05) is 51.5 Å². The van der Waals surface area contributed by atoms with E-state index in [1.165, 1.54) is 25.7 Å². The van der Waals surface area contributed by atoms with Gasteiger partial charge in [-0.3, -0.25) is 4.79 Å². The third-order valence-electron chi connectivity index (χ3n) is 3.55. The lowest BCUT2D eigenvalue weighted by Gasteiger charge is -2.00. The zero-order valence-electron chi connectivity index (χ0n) is 13.9. The van der Waals surface area contributed by atoms with Crippen LogP contribution in [0.4, 0.5) is 0 Å². The SMILES string of the molecule is CCCCCC/C=C/C(=C/CCCCCCCC(=O)O)OO. The van der Waals surface area contributed by atoms with Crippen molar-refractivity contribution in [3.8, 4) is 0 Å². The van der Waals surface area contributed by atoms with Gasteiger partial charge in [0.05, 0.1) is 0 Å². The van der Waals surface area contributed by atoms with Gasteiger partial charge in [0, 0.05) is 6.42 Å². The number of allylic oxidation sites excluding steroid dienone is 3. The zero-order chi connectivity index (χ0) is 16.5. The van der Waals surface area contributed by atoms with Crippen molar-refractivity contribution in [3.05, 3.63) is 24.0 Å². The predicted octanol–water partition coefficient (Wildman–Crippen LogP) is 5.70. The average molecular weight is 312 g/mol. The molecule has 0 radical (unpaired) electrons. The van der Waals surface area contributed by atoms with Crippen molar-refractivity contribution < 1.29 is 20.0 Å². The van der Waals surface area contributed by atoms with Crippen molar-refractivity contribution in [2.24, 2.45) is 0 Å². The summed E-state index contributed by atoms with van der Waals surface area (Å²) in [7, 11) is 0. The molecule has 0 bridgehead atoms. The van der Waals surface area contributed by atoms with Crippen LogP contribution < -0.4 is 0 Å². The van der Waals surface area contributed by atoms with E-state index in [2.05, 4.69) is 11.8 Å². The maximum absolute atomic E-state index is 10.4. The van der Waals surface area contributed by atoms with Crippen molar-refractivity contribution in [1.29, 1.82) is 0 Å².